The maximum Gasteiger partial charge on any atom is 0.145 e. The zero-order chi connectivity index (χ0) is 14.7. The summed E-state index contributed by atoms with van der Waals surface area (Å²) in [5.41, 5.74) is 4.39. The Morgan fingerprint density at radius 1 is 0.952 bits per heavy atom. The van der Waals surface area contributed by atoms with E-state index in [2.05, 4.69) is 59.2 Å². The highest BCUT2D eigenvalue weighted by Crippen LogP contribution is 2.26. The fourth-order valence-corrected chi connectivity index (χ4v) is 2.54. The van der Waals surface area contributed by atoms with Gasteiger partial charge in [-0.1, -0.05) is 48.6 Å². The molecule has 0 saturated carbocycles. The van der Waals surface area contributed by atoms with Crippen molar-refractivity contribution in [2.75, 3.05) is 0 Å². The van der Waals surface area contributed by atoms with Crippen LogP contribution in [-0.4, -0.2) is 9.55 Å². The van der Waals surface area contributed by atoms with Gasteiger partial charge in [-0.05, 0) is 38.1 Å². The molecule has 2 aromatic carbocycles. The smallest absolute Gasteiger partial charge is 0.145 e. The largest absolute Gasteiger partial charge is 0.292 e. The molecule has 0 bridgehead atoms. The van der Waals surface area contributed by atoms with Crippen LogP contribution in [-0.2, 0) is 0 Å². The molecule has 21 heavy (non-hydrogen) atoms. The molecule has 1 aromatic heterocycles. The summed E-state index contributed by atoms with van der Waals surface area (Å²) >= 11 is 0. The third-order valence-corrected chi connectivity index (χ3v) is 3.49. The number of imidazole rings is 1. The van der Waals surface area contributed by atoms with Gasteiger partial charge in [-0.25, -0.2) is 4.98 Å². The van der Waals surface area contributed by atoms with Gasteiger partial charge in [0.05, 0.1) is 11.0 Å². The van der Waals surface area contributed by atoms with Crippen LogP contribution in [0.5, 0.6) is 0 Å². The molecule has 0 atom stereocenters. The van der Waals surface area contributed by atoms with Crippen molar-refractivity contribution in [2.24, 2.45) is 0 Å². The molecule has 104 valence electrons. The number of benzene rings is 2. The van der Waals surface area contributed by atoms with Crippen LogP contribution in [0.1, 0.15) is 19.7 Å². The Morgan fingerprint density at radius 3 is 2.38 bits per heavy atom. The zero-order valence-corrected chi connectivity index (χ0v) is 12.3. The summed E-state index contributed by atoms with van der Waals surface area (Å²) < 4.78 is 2.21. The number of para-hydroxylation sites is 3. The zero-order valence-electron chi connectivity index (χ0n) is 12.3. The lowest BCUT2D eigenvalue weighted by molar-refractivity contribution is 1.06. The molecule has 2 heteroatoms. The molecule has 0 unspecified atom stereocenters. The van der Waals surface area contributed by atoms with Gasteiger partial charge in [0.25, 0.3) is 0 Å². The van der Waals surface area contributed by atoms with Crippen LogP contribution in [0, 0.1) is 0 Å². The summed E-state index contributed by atoms with van der Waals surface area (Å²) in [6.07, 6.45) is 6.24. The molecule has 0 aliphatic heterocycles. The molecule has 0 saturated heterocycles. The van der Waals surface area contributed by atoms with Crippen molar-refractivity contribution in [3.8, 4) is 5.69 Å². The molecule has 1 heterocycles. The minimum absolute atomic E-state index is 0.975. The number of allylic oxidation sites excluding steroid dienone is 4. The Bertz CT molecular complexity index is 808. The third kappa shape index (κ3) is 2.40. The molecule has 0 amide bonds. The van der Waals surface area contributed by atoms with E-state index in [-0.39, 0.29) is 0 Å². The Kier molecular flexibility index (Phi) is 3.69. The lowest BCUT2D eigenvalue weighted by Gasteiger charge is -2.09. The van der Waals surface area contributed by atoms with Gasteiger partial charge in [0.1, 0.15) is 5.82 Å². The average molecular weight is 274 g/mol. The second-order valence-electron chi connectivity index (χ2n) is 4.84. The summed E-state index contributed by atoms with van der Waals surface area (Å²) in [6, 6.07) is 18.6. The maximum atomic E-state index is 4.82. The fourth-order valence-electron chi connectivity index (χ4n) is 2.54. The van der Waals surface area contributed by atoms with Gasteiger partial charge in [-0.2, -0.15) is 0 Å². The maximum absolute atomic E-state index is 4.82. The standard InChI is InChI=1S/C19H18N2/c1-3-10-15(4-2)19-20-17-13-8-9-14-18(17)21(19)16-11-6-5-7-12-16/h3-14H,1-2H3/b10-3-,15-4+. The van der Waals surface area contributed by atoms with Crippen molar-refractivity contribution < 1.29 is 0 Å². The highest BCUT2D eigenvalue weighted by atomic mass is 15.1. The minimum atomic E-state index is 0.975. The number of hydrogen-bond donors (Lipinski definition) is 0. The number of rotatable bonds is 3. The van der Waals surface area contributed by atoms with Gasteiger partial charge in [-0.15, -0.1) is 0 Å². The Hall–Kier alpha value is -2.61. The lowest BCUT2D eigenvalue weighted by Crippen LogP contribution is -1.99. The van der Waals surface area contributed by atoms with Crippen LogP contribution in [0.2, 0.25) is 0 Å². The predicted molar refractivity (Wildman–Crippen MR) is 89.5 cm³/mol. The van der Waals surface area contributed by atoms with E-state index < -0.39 is 0 Å². The summed E-state index contributed by atoms with van der Waals surface area (Å²) in [7, 11) is 0. The second kappa shape index (κ2) is 5.80. The normalized spacial score (nSPS) is 12.4. The van der Waals surface area contributed by atoms with E-state index in [1.54, 1.807) is 0 Å². The van der Waals surface area contributed by atoms with E-state index in [9.17, 15) is 0 Å². The highest BCUT2D eigenvalue weighted by Gasteiger charge is 2.13. The van der Waals surface area contributed by atoms with E-state index in [0.29, 0.717) is 0 Å². The van der Waals surface area contributed by atoms with Crippen molar-refractivity contribution in [3.63, 3.8) is 0 Å². The highest BCUT2D eigenvalue weighted by molar-refractivity contribution is 5.84. The van der Waals surface area contributed by atoms with Crippen LogP contribution in [0.15, 0.2) is 72.8 Å². The number of hydrogen-bond acceptors (Lipinski definition) is 1. The molecule has 0 aliphatic carbocycles. The molecule has 3 rings (SSSR count). The molecule has 0 aliphatic rings. The number of fused-ring (bicyclic) bond motifs is 1. The summed E-state index contributed by atoms with van der Waals surface area (Å²) in [5.74, 6) is 0.975. The third-order valence-electron chi connectivity index (χ3n) is 3.49. The fraction of sp³-hybridized carbons (Fsp3) is 0.105. The Morgan fingerprint density at radius 2 is 1.67 bits per heavy atom. The van der Waals surface area contributed by atoms with E-state index in [1.807, 2.05) is 32.1 Å². The molecule has 0 fully saturated rings. The van der Waals surface area contributed by atoms with Gasteiger partial charge in [0, 0.05) is 11.3 Å². The SMILES string of the molecule is C/C=C\C(=C/C)c1nc2ccccc2n1-c1ccccc1. The first-order valence-electron chi connectivity index (χ1n) is 7.17. The van der Waals surface area contributed by atoms with E-state index >= 15 is 0 Å². The molecule has 0 radical (unpaired) electrons. The van der Waals surface area contributed by atoms with Gasteiger partial charge in [0.2, 0.25) is 0 Å². The van der Waals surface area contributed by atoms with E-state index in [4.69, 9.17) is 4.98 Å². The first-order valence-corrected chi connectivity index (χ1v) is 7.17. The number of nitrogens with zero attached hydrogens (tertiary/aromatic N) is 2. The van der Waals surface area contributed by atoms with Crippen LogP contribution in [0.4, 0.5) is 0 Å². The van der Waals surface area contributed by atoms with Gasteiger partial charge in [0.15, 0.2) is 0 Å². The van der Waals surface area contributed by atoms with E-state index in [0.717, 1.165) is 28.1 Å². The summed E-state index contributed by atoms with van der Waals surface area (Å²) in [4.78, 5) is 4.82. The predicted octanol–water partition coefficient (Wildman–Crippen LogP) is 5.00. The van der Waals surface area contributed by atoms with Crippen molar-refractivity contribution >= 4 is 16.6 Å². The summed E-state index contributed by atoms with van der Waals surface area (Å²) in [6.45, 7) is 4.07. The number of aromatic nitrogens is 2. The van der Waals surface area contributed by atoms with Gasteiger partial charge >= 0.3 is 0 Å². The average Bonchev–Trinajstić information content (AvgIpc) is 2.92. The first-order chi connectivity index (χ1) is 10.3. The molecular formula is C19H18N2. The lowest BCUT2D eigenvalue weighted by atomic mass is 10.2. The van der Waals surface area contributed by atoms with E-state index in [1.165, 1.54) is 0 Å². The van der Waals surface area contributed by atoms with Crippen LogP contribution >= 0.6 is 0 Å². The molecule has 0 spiro atoms. The van der Waals surface area contributed by atoms with Crippen LogP contribution in [0.3, 0.4) is 0 Å². The van der Waals surface area contributed by atoms with Crippen LogP contribution in [0.25, 0.3) is 22.3 Å². The minimum Gasteiger partial charge on any atom is -0.292 e. The molecule has 3 aromatic rings. The first kappa shape index (κ1) is 13.4. The van der Waals surface area contributed by atoms with Crippen molar-refractivity contribution in [3.05, 3.63) is 78.6 Å². The molecule has 2 nitrogen and oxygen atoms in total. The quantitative estimate of drug-likeness (QED) is 0.614. The topological polar surface area (TPSA) is 17.8 Å². The van der Waals surface area contributed by atoms with Gasteiger partial charge < -0.3 is 0 Å². The molecule has 0 N–H and O–H groups in total. The van der Waals surface area contributed by atoms with Crippen molar-refractivity contribution in [1.82, 2.24) is 9.55 Å². The Balaban J connectivity index is 2.34. The molecular weight excluding hydrogens is 256 g/mol. The second-order valence-corrected chi connectivity index (χ2v) is 4.84. The summed E-state index contributed by atoms with van der Waals surface area (Å²) in [5, 5.41) is 0. The van der Waals surface area contributed by atoms with Crippen molar-refractivity contribution in [1.29, 1.82) is 0 Å². The van der Waals surface area contributed by atoms with Crippen molar-refractivity contribution in [2.45, 2.75) is 13.8 Å². The monoisotopic (exact) mass is 274 g/mol. The Labute approximate surface area is 125 Å². The van der Waals surface area contributed by atoms with Crippen LogP contribution < -0.4 is 0 Å². The van der Waals surface area contributed by atoms with Gasteiger partial charge in [-0.3, -0.25) is 4.57 Å².